The molecule has 0 aliphatic rings. The summed E-state index contributed by atoms with van der Waals surface area (Å²) in [6, 6.07) is 15.7. The molecule has 6 heteroatoms. The van der Waals surface area contributed by atoms with Gasteiger partial charge in [0, 0.05) is 25.3 Å². The highest BCUT2D eigenvalue weighted by molar-refractivity contribution is 5.87. The summed E-state index contributed by atoms with van der Waals surface area (Å²) in [6.45, 7) is 5.52. The van der Waals surface area contributed by atoms with Crippen LogP contribution >= 0.6 is 0 Å². The van der Waals surface area contributed by atoms with E-state index in [1.807, 2.05) is 49.1 Å². The molecule has 0 bridgehead atoms. The fourth-order valence-corrected chi connectivity index (χ4v) is 2.70. The molecule has 1 N–H and O–H groups in total. The van der Waals surface area contributed by atoms with Gasteiger partial charge in [-0.05, 0) is 43.7 Å². The van der Waals surface area contributed by atoms with Gasteiger partial charge in [0.15, 0.2) is 0 Å². The van der Waals surface area contributed by atoms with Gasteiger partial charge in [0.05, 0.1) is 13.1 Å². The van der Waals surface area contributed by atoms with E-state index in [0.29, 0.717) is 19.6 Å². The first kappa shape index (κ1) is 20.4. The molecule has 0 aliphatic heterocycles. The van der Waals surface area contributed by atoms with Crippen LogP contribution in [0.5, 0.6) is 0 Å². The minimum Gasteiger partial charge on any atom is -0.362 e. The zero-order valence-corrected chi connectivity index (χ0v) is 15.8. The summed E-state index contributed by atoms with van der Waals surface area (Å²) in [7, 11) is 0. The second-order valence-electron chi connectivity index (χ2n) is 6.16. The van der Waals surface area contributed by atoms with Crippen LogP contribution in [0.15, 0.2) is 54.6 Å². The molecule has 0 fully saturated rings. The predicted molar refractivity (Wildman–Crippen MR) is 105 cm³/mol. The van der Waals surface area contributed by atoms with Gasteiger partial charge in [-0.1, -0.05) is 30.3 Å². The number of carbonyl (C=O) groups excluding carboxylic acids is 2. The Hall–Kier alpha value is -2.89. The molecule has 2 aromatic carbocycles. The number of nitrogens with zero attached hydrogens (tertiary/aromatic N) is 2. The van der Waals surface area contributed by atoms with Crippen LogP contribution in [-0.2, 0) is 16.1 Å². The number of para-hydroxylation sites is 1. The molecule has 2 amide bonds. The number of amides is 2. The van der Waals surface area contributed by atoms with Crippen LogP contribution in [0.3, 0.4) is 0 Å². The van der Waals surface area contributed by atoms with Gasteiger partial charge in [0.1, 0.15) is 5.82 Å². The van der Waals surface area contributed by atoms with Crippen LogP contribution in [0.1, 0.15) is 19.4 Å². The molecule has 0 spiro atoms. The summed E-state index contributed by atoms with van der Waals surface area (Å²) < 4.78 is 12.9. The number of hydrogen-bond acceptors (Lipinski definition) is 3. The number of nitrogens with one attached hydrogen (secondary N) is 1. The lowest BCUT2D eigenvalue weighted by molar-refractivity contribution is -0.134. The van der Waals surface area contributed by atoms with Crippen molar-refractivity contribution in [2.24, 2.45) is 0 Å². The second-order valence-corrected chi connectivity index (χ2v) is 6.16. The third-order valence-electron chi connectivity index (χ3n) is 4.30. The Labute approximate surface area is 159 Å². The van der Waals surface area contributed by atoms with Crippen LogP contribution in [-0.4, -0.2) is 42.9 Å². The smallest absolute Gasteiger partial charge is 0.242 e. The van der Waals surface area contributed by atoms with E-state index >= 15 is 0 Å². The maximum Gasteiger partial charge on any atom is 0.242 e. The first-order valence-electron chi connectivity index (χ1n) is 9.12. The molecule has 27 heavy (non-hydrogen) atoms. The molecule has 0 saturated carbocycles. The molecule has 2 rings (SSSR count). The van der Waals surface area contributed by atoms with Gasteiger partial charge in [-0.25, -0.2) is 4.39 Å². The number of halogens is 1. The van der Waals surface area contributed by atoms with Crippen LogP contribution in [0.25, 0.3) is 0 Å². The van der Waals surface area contributed by atoms with E-state index in [1.54, 1.807) is 12.1 Å². The van der Waals surface area contributed by atoms with Crippen molar-refractivity contribution in [3.63, 3.8) is 0 Å². The molecule has 0 aliphatic carbocycles. The van der Waals surface area contributed by atoms with Crippen molar-refractivity contribution in [3.8, 4) is 0 Å². The molecule has 0 radical (unpaired) electrons. The minimum atomic E-state index is -0.313. The van der Waals surface area contributed by atoms with E-state index in [4.69, 9.17) is 0 Å². The van der Waals surface area contributed by atoms with Crippen LogP contribution in [0.2, 0.25) is 0 Å². The Balaban J connectivity index is 1.87. The quantitative estimate of drug-likeness (QED) is 0.737. The molecule has 0 heterocycles. The summed E-state index contributed by atoms with van der Waals surface area (Å²) in [6.07, 6.45) is 0. The van der Waals surface area contributed by atoms with Crippen LogP contribution < -0.4 is 10.2 Å². The number of hydrogen-bond donors (Lipinski definition) is 1. The Kier molecular flexibility index (Phi) is 7.79. The third kappa shape index (κ3) is 6.40. The zero-order valence-electron chi connectivity index (χ0n) is 15.8. The first-order valence-corrected chi connectivity index (χ1v) is 9.12. The maximum absolute atomic E-state index is 12.9. The average molecular weight is 371 g/mol. The molecule has 144 valence electrons. The van der Waals surface area contributed by atoms with E-state index in [1.165, 1.54) is 17.0 Å². The van der Waals surface area contributed by atoms with E-state index in [2.05, 4.69) is 5.32 Å². The summed E-state index contributed by atoms with van der Waals surface area (Å²) in [5.74, 6) is -0.649. The highest BCUT2D eigenvalue weighted by Gasteiger charge is 2.18. The van der Waals surface area contributed by atoms with Gasteiger partial charge in [-0.15, -0.1) is 0 Å². The highest BCUT2D eigenvalue weighted by atomic mass is 19.1. The lowest BCUT2D eigenvalue weighted by Crippen LogP contribution is -2.45. The molecule has 0 aromatic heterocycles. The lowest BCUT2D eigenvalue weighted by Gasteiger charge is -2.27. The number of likely N-dealkylation sites (N-methyl/N-ethyl adjacent to an activating group) is 2. The lowest BCUT2D eigenvalue weighted by atomic mass is 10.2. The van der Waals surface area contributed by atoms with Crippen molar-refractivity contribution < 1.29 is 14.0 Å². The third-order valence-corrected chi connectivity index (χ3v) is 4.30. The molecule has 5 nitrogen and oxygen atoms in total. The van der Waals surface area contributed by atoms with Gasteiger partial charge < -0.3 is 15.1 Å². The summed E-state index contributed by atoms with van der Waals surface area (Å²) in [4.78, 5) is 28.3. The Morgan fingerprint density at radius 3 is 2.19 bits per heavy atom. The fourth-order valence-electron chi connectivity index (χ4n) is 2.70. The standard InChI is InChI=1S/C21H26FN3O2/c1-3-24(19-8-6-5-7-9-19)16-21(27)25(4-2)15-20(26)23-14-17-10-12-18(22)13-11-17/h5-13H,3-4,14-16H2,1-2H3,(H,23,26). The Morgan fingerprint density at radius 1 is 0.926 bits per heavy atom. The molecule has 2 aromatic rings. The van der Waals surface area contributed by atoms with E-state index in [0.717, 1.165) is 11.3 Å². The Morgan fingerprint density at radius 2 is 1.59 bits per heavy atom. The number of rotatable bonds is 9. The molecule has 0 atom stereocenters. The van der Waals surface area contributed by atoms with Gasteiger partial charge >= 0.3 is 0 Å². The zero-order chi connectivity index (χ0) is 19.6. The monoisotopic (exact) mass is 371 g/mol. The molecular weight excluding hydrogens is 345 g/mol. The highest BCUT2D eigenvalue weighted by Crippen LogP contribution is 2.12. The number of carbonyl (C=O) groups is 2. The number of benzene rings is 2. The van der Waals surface area contributed by atoms with Crippen LogP contribution in [0.4, 0.5) is 10.1 Å². The minimum absolute atomic E-state index is 0.00285. The topological polar surface area (TPSA) is 52.7 Å². The SMILES string of the molecule is CCN(CC(=O)NCc1ccc(F)cc1)C(=O)CN(CC)c1ccccc1. The first-order chi connectivity index (χ1) is 13.0. The van der Waals surface area contributed by atoms with Gasteiger partial charge in [-0.2, -0.15) is 0 Å². The second kappa shape index (κ2) is 10.3. The summed E-state index contributed by atoms with van der Waals surface area (Å²) >= 11 is 0. The van der Waals surface area contributed by atoms with Gasteiger partial charge in [0.2, 0.25) is 11.8 Å². The molecular formula is C21H26FN3O2. The molecule has 0 saturated heterocycles. The van der Waals surface area contributed by atoms with Crippen molar-refractivity contribution in [2.75, 3.05) is 31.1 Å². The van der Waals surface area contributed by atoms with Crippen molar-refractivity contribution in [3.05, 3.63) is 66.0 Å². The van der Waals surface area contributed by atoms with E-state index in [9.17, 15) is 14.0 Å². The predicted octanol–water partition coefficient (Wildman–Crippen LogP) is 2.82. The maximum atomic E-state index is 12.9. The van der Waals surface area contributed by atoms with E-state index in [-0.39, 0.29) is 30.7 Å². The summed E-state index contributed by atoms with van der Waals surface area (Å²) in [5.41, 5.74) is 1.78. The van der Waals surface area contributed by atoms with Crippen molar-refractivity contribution >= 4 is 17.5 Å². The van der Waals surface area contributed by atoms with Crippen molar-refractivity contribution in [1.82, 2.24) is 10.2 Å². The normalized spacial score (nSPS) is 10.3. The van der Waals surface area contributed by atoms with Crippen molar-refractivity contribution in [1.29, 1.82) is 0 Å². The van der Waals surface area contributed by atoms with E-state index < -0.39 is 0 Å². The largest absolute Gasteiger partial charge is 0.362 e. The Bertz CT molecular complexity index is 735. The average Bonchev–Trinajstić information content (AvgIpc) is 2.70. The van der Waals surface area contributed by atoms with Crippen LogP contribution in [0, 0.1) is 5.82 Å². The van der Waals surface area contributed by atoms with Gasteiger partial charge in [-0.3, -0.25) is 9.59 Å². The number of anilines is 1. The summed E-state index contributed by atoms with van der Waals surface area (Å²) in [5, 5.41) is 2.77. The van der Waals surface area contributed by atoms with Gasteiger partial charge in [0.25, 0.3) is 0 Å². The molecule has 0 unspecified atom stereocenters. The van der Waals surface area contributed by atoms with Crippen molar-refractivity contribution in [2.45, 2.75) is 20.4 Å². The fraction of sp³-hybridized carbons (Fsp3) is 0.333.